The lowest BCUT2D eigenvalue weighted by atomic mass is 9.74. The number of aromatic amines is 1. The molecule has 0 amide bonds. The Morgan fingerprint density at radius 1 is 1.09 bits per heavy atom. The quantitative estimate of drug-likeness (QED) is 0.152. The van der Waals surface area contributed by atoms with Crippen molar-refractivity contribution in [2.45, 2.75) is 33.1 Å². The Hall–Kier alpha value is -4.74. The van der Waals surface area contributed by atoms with Crippen molar-refractivity contribution in [3.8, 4) is 11.5 Å². The number of nitrogens with zero attached hydrogens (tertiary/aromatic N) is 5. The molecular weight excluding hydrogens is 598 g/mol. The highest BCUT2D eigenvalue weighted by atomic mass is 32.1. The third kappa shape index (κ3) is 6.61. The summed E-state index contributed by atoms with van der Waals surface area (Å²) in [6, 6.07) is 13.2. The third-order valence-corrected chi connectivity index (χ3v) is 9.84. The number of hydrogen-bond donors (Lipinski definition) is 3. The minimum atomic E-state index is -1.02. The standard InChI is InChI=1S/C35H37N7O3S/c1-35(2)8-6-24(29(19-35)31-17-25(22-46-31)40-34-37-9-3-10-38-34)21-41-12-14-42(15-13-41)26-4-5-28(33(43)44)30(18-26)45-27-16-23-7-11-36-32(23)39-20-27/h3-5,7,9-11,16-18,20,22H,6,8,12-15,19,21H2,1-2H3,(H,36,39)(H,43,44)(H,37,38,40). The molecule has 1 aromatic carbocycles. The summed E-state index contributed by atoms with van der Waals surface area (Å²) in [5, 5.41) is 16.2. The zero-order valence-corrected chi connectivity index (χ0v) is 26.8. The number of pyridine rings is 1. The average molecular weight is 636 g/mol. The third-order valence-electron chi connectivity index (χ3n) is 8.85. The Balaban J connectivity index is 1.05. The number of thiophene rings is 1. The summed E-state index contributed by atoms with van der Waals surface area (Å²) in [4.78, 5) is 34.3. The molecule has 236 valence electrons. The topological polar surface area (TPSA) is 120 Å². The van der Waals surface area contributed by atoms with Crippen LogP contribution in [0.25, 0.3) is 16.6 Å². The molecule has 0 radical (unpaired) electrons. The number of ether oxygens (including phenoxy) is 1. The first-order valence-electron chi connectivity index (χ1n) is 15.6. The van der Waals surface area contributed by atoms with Gasteiger partial charge in [-0.2, -0.15) is 0 Å². The lowest BCUT2D eigenvalue weighted by molar-refractivity contribution is 0.0694. The van der Waals surface area contributed by atoms with Gasteiger partial charge >= 0.3 is 5.97 Å². The number of hydrogen-bond acceptors (Lipinski definition) is 9. The summed E-state index contributed by atoms with van der Waals surface area (Å²) < 4.78 is 6.10. The van der Waals surface area contributed by atoms with Crippen LogP contribution in [0.4, 0.5) is 17.3 Å². The molecule has 4 aromatic heterocycles. The lowest BCUT2D eigenvalue weighted by Gasteiger charge is -2.39. The average Bonchev–Trinajstić information content (AvgIpc) is 3.72. The molecule has 1 aliphatic carbocycles. The second-order valence-electron chi connectivity index (χ2n) is 12.8. The van der Waals surface area contributed by atoms with E-state index in [1.54, 1.807) is 36.0 Å². The van der Waals surface area contributed by atoms with E-state index in [0.29, 0.717) is 17.4 Å². The maximum absolute atomic E-state index is 12.0. The van der Waals surface area contributed by atoms with Crippen LogP contribution >= 0.6 is 11.3 Å². The van der Waals surface area contributed by atoms with E-state index >= 15 is 0 Å². The summed E-state index contributed by atoms with van der Waals surface area (Å²) in [6.07, 6.45) is 10.3. The number of carboxylic acids is 1. The highest BCUT2D eigenvalue weighted by Crippen LogP contribution is 2.45. The van der Waals surface area contributed by atoms with E-state index < -0.39 is 5.97 Å². The molecular formula is C35H37N7O3S. The van der Waals surface area contributed by atoms with Crippen molar-refractivity contribution < 1.29 is 14.6 Å². The number of H-pyrrole nitrogens is 1. The number of piperazine rings is 1. The summed E-state index contributed by atoms with van der Waals surface area (Å²) in [5.74, 6) is 0.393. The molecule has 5 aromatic rings. The summed E-state index contributed by atoms with van der Waals surface area (Å²) >= 11 is 1.78. The molecule has 1 fully saturated rings. The number of rotatable bonds is 9. The van der Waals surface area contributed by atoms with Gasteiger partial charge in [-0.1, -0.05) is 19.4 Å². The molecule has 10 nitrogen and oxygen atoms in total. The Morgan fingerprint density at radius 3 is 2.72 bits per heavy atom. The molecule has 5 heterocycles. The monoisotopic (exact) mass is 635 g/mol. The molecule has 1 aliphatic heterocycles. The molecule has 0 saturated carbocycles. The van der Waals surface area contributed by atoms with Gasteiger partial charge in [0.05, 0.1) is 11.9 Å². The smallest absolute Gasteiger partial charge is 0.339 e. The first-order chi connectivity index (χ1) is 22.3. The van der Waals surface area contributed by atoms with Crippen LogP contribution in [0, 0.1) is 5.41 Å². The Kier molecular flexibility index (Phi) is 8.18. The molecule has 2 aliphatic rings. The number of carboxylic acid groups (broad SMARTS) is 1. The van der Waals surface area contributed by atoms with Gasteiger partial charge in [-0.25, -0.2) is 19.7 Å². The molecule has 0 unspecified atom stereocenters. The Labute approximate surface area is 271 Å². The van der Waals surface area contributed by atoms with Crippen LogP contribution in [0.5, 0.6) is 11.5 Å². The fraction of sp³-hybridized carbons (Fsp3) is 0.314. The summed E-state index contributed by atoms with van der Waals surface area (Å²) in [5.41, 5.74) is 6.13. The number of fused-ring (bicyclic) bond motifs is 1. The predicted molar refractivity (Wildman–Crippen MR) is 182 cm³/mol. The Bertz CT molecular complexity index is 1890. The van der Waals surface area contributed by atoms with Gasteiger partial charge in [-0.15, -0.1) is 11.3 Å². The molecule has 1 saturated heterocycles. The molecule has 0 atom stereocenters. The molecule has 3 N–H and O–H groups in total. The van der Waals surface area contributed by atoms with Gasteiger partial charge in [-0.05, 0) is 66.6 Å². The fourth-order valence-corrected chi connectivity index (χ4v) is 7.26. The number of aromatic nitrogens is 4. The molecule has 46 heavy (non-hydrogen) atoms. The van der Waals surface area contributed by atoms with E-state index in [-0.39, 0.29) is 11.0 Å². The lowest BCUT2D eigenvalue weighted by Crippen LogP contribution is -2.47. The predicted octanol–water partition coefficient (Wildman–Crippen LogP) is 7.43. The van der Waals surface area contributed by atoms with Crippen LogP contribution in [-0.4, -0.2) is 68.6 Å². The van der Waals surface area contributed by atoms with Crippen LogP contribution in [0.2, 0.25) is 0 Å². The van der Waals surface area contributed by atoms with Gasteiger partial charge in [0.15, 0.2) is 0 Å². The number of allylic oxidation sites excluding steroid dienone is 1. The van der Waals surface area contributed by atoms with E-state index in [1.807, 2.05) is 36.5 Å². The number of anilines is 3. The van der Waals surface area contributed by atoms with Gasteiger partial charge in [0.25, 0.3) is 0 Å². The minimum Gasteiger partial charge on any atom is -0.478 e. The first-order valence-corrected chi connectivity index (χ1v) is 16.5. The zero-order chi connectivity index (χ0) is 31.7. The van der Waals surface area contributed by atoms with Crippen LogP contribution in [0.1, 0.15) is 48.3 Å². The number of carbonyl (C=O) groups is 1. The van der Waals surface area contributed by atoms with Crippen molar-refractivity contribution >= 4 is 51.2 Å². The molecule has 0 bridgehead atoms. The maximum Gasteiger partial charge on any atom is 0.339 e. The van der Waals surface area contributed by atoms with Crippen LogP contribution in [-0.2, 0) is 0 Å². The number of benzene rings is 1. The van der Waals surface area contributed by atoms with Crippen LogP contribution in [0.3, 0.4) is 0 Å². The maximum atomic E-state index is 12.0. The van der Waals surface area contributed by atoms with E-state index in [1.165, 1.54) is 22.4 Å². The molecule has 0 spiro atoms. The van der Waals surface area contributed by atoms with Crippen molar-refractivity contribution in [3.05, 3.63) is 88.6 Å². The van der Waals surface area contributed by atoms with Gasteiger partial charge in [0.1, 0.15) is 22.7 Å². The van der Waals surface area contributed by atoms with Gasteiger partial charge in [-0.3, -0.25) is 4.90 Å². The molecule has 7 rings (SSSR count). The Morgan fingerprint density at radius 2 is 1.91 bits per heavy atom. The van der Waals surface area contributed by atoms with Crippen LogP contribution < -0.4 is 15.0 Å². The highest BCUT2D eigenvalue weighted by Gasteiger charge is 2.30. The van der Waals surface area contributed by atoms with Gasteiger partial charge in [0, 0.05) is 78.7 Å². The van der Waals surface area contributed by atoms with Crippen molar-refractivity contribution in [1.82, 2.24) is 24.8 Å². The minimum absolute atomic E-state index is 0.125. The largest absolute Gasteiger partial charge is 0.478 e. The van der Waals surface area contributed by atoms with Gasteiger partial charge < -0.3 is 25.0 Å². The van der Waals surface area contributed by atoms with E-state index in [9.17, 15) is 9.90 Å². The van der Waals surface area contributed by atoms with E-state index in [0.717, 1.165) is 68.0 Å². The SMILES string of the molecule is CC1(C)CCC(CN2CCN(c3ccc(C(=O)O)c(Oc4cnc5[nH]ccc5c4)c3)CC2)=C(c2cc(Nc3ncccn3)cs2)C1. The fourth-order valence-electron chi connectivity index (χ4n) is 6.33. The van der Waals surface area contributed by atoms with Crippen molar-refractivity contribution in [3.63, 3.8) is 0 Å². The zero-order valence-electron chi connectivity index (χ0n) is 26.0. The second kappa shape index (κ2) is 12.6. The second-order valence-corrected chi connectivity index (χ2v) is 13.7. The molecule has 11 heteroatoms. The number of aromatic carboxylic acids is 1. The summed E-state index contributed by atoms with van der Waals surface area (Å²) in [7, 11) is 0. The van der Waals surface area contributed by atoms with Crippen molar-refractivity contribution in [1.29, 1.82) is 0 Å². The van der Waals surface area contributed by atoms with Crippen LogP contribution in [0.15, 0.2) is 78.2 Å². The van der Waals surface area contributed by atoms with Gasteiger partial charge in [0.2, 0.25) is 5.95 Å². The normalized spacial score (nSPS) is 17.0. The van der Waals surface area contributed by atoms with Crippen molar-refractivity contribution in [2.75, 3.05) is 42.9 Å². The highest BCUT2D eigenvalue weighted by molar-refractivity contribution is 7.11. The number of nitrogens with one attached hydrogen (secondary N) is 2. The summed E-state index contributed by atoms with van der Waals surface area (Å²) in [6.45, 7) is 9.25. The van der Waals surface area contributed by atoms with E-state index in [2.05, 4.69) is 60.3 Å². The van der Waals surface area contributed by atoms with Crippen molar-refractivity contribution in [2.24, 2.45) is 5.41 Å². The van der Waals surface area contributed by atoms with E-state index in [4.69, 9.17) is 4.74 Å². The first kappa shape index (κ1) is 29.9.